The van der Waals surface area contributed by atoms with Crippen molar-refractivity contribution in [3.8, 4) is 11.5 Å². The molecule has 206 valence electrons. The largest absolute Gasteiger partial charge is 0.465 e. The van der Waals surface area contributed by atoms with Gasteiger partial charge >= 0.3 is 11.9 Å². The first-order chi connectivity index (χ1) is 18.9. The predicted molar refractivity (Wildman–Crippen MR) is 145 cm³/mol. The smallest absolute Gasteiger partial charge is 0.336 e. The molecule has 2 aromatic rings. The quantitative estimate of drug-likeness (QED) is 0.471. The van der Waals surface area contributed by atoms with Crippen LogP contribution in [0.2, 0.25) is 0 Å². The maximum atomic E-state index is 14.8. The average molecular weight is 532 g/mol. The number of allylic oxidation sites excluding steroid dienone is 1. The minimum absolute atomic E-state index is 0.132. The maximum absolute atomic E-state index is 14.8. The number of fused-ring (bicyclic) bond motifs is 3. The first-order valence-corrected chi connectivity index (χ1v) is 14.2. The van der Waals surface area contributed by atoms with E-state index in [1.807, 2.05) is 70.3 Å². The topological polar surface area (TPSA) is 74.3 Å². The molecular weight excluding hydrogens is 494 g/mol. The Kier molecular flexibility index (Phi) is 6.35. The number of hydrogen-bond acceptors (Lipinski definition) is 7. The number of carbonyl (C=O) groups is 2. The van der Waals surface area contributed by atoms with Crippen molar-refractivity contribution in [2.75, 3.05) is 27.1 Å². The lowest BCUT2D eigenvalue weighted by atomic mass is 9.44. The van der Waals surface area contributed by atoms with Gasteiger partial charge in [0.1, 0.15) is 5.41 Å². The van der Waals surface area contributed by atoms with Crippen LogP contribution in [-0.2, 0) is 36.4 Å². The Morgan fingerprint density at radius 3 is 2.33 bits per heavy atom. The van der Waals surface area contributed by atoms with Gasteiger partial charge in [-0.15, -0.1) is 0 Å². The first kappa shape index (κ1) is 25.8. The molecule has 2 aromatic carbocycles. The summed E-state index contributed by atoms with van der Waals surface area (Å²) in [5.41, 5.74) is 2.49. The molecule has 39 heavy (non-hydrogen) atoms. The zero-order valence-electron chi connectivity index (χ0n) is 23.2. The molecule has 0 saturated heterocycles. The molecule has 3 atom stereocenters. The van der Waals surface area contributed by atoms with E-state index in [4.69, 9.17) is 18.9 Å². The van der Waals surface area contributed by atoms with Gasteiger partial charge in [0.05, 0.1) is 24.3 Å². The van der Waals surface area contributed by atoms with Crippen LogP contribution in [0.5, 0.6) is 11.5 Å². The zero-order valence-corrected chi connectivity index (χ0v) is 23.2. The molecule has 0 aromatic heterocycles. The number of carbonyl (C=O) groups excluding carboxylic acids is 2. The van der Waals surface area contributed by atoms with Crippen molar-refractivity contribution in [2.45, 2.75) is 63.8 Å². The van der Waals surface area contributed by atoms with Crippen molar-refractivity contribution in [3.05, 3.63) is 70.4 Å². The molecule has 1 saturated carbocycles. The van der Waals surface area contributed by atoms with Gasteiger partial charge in [0.2, 0.25) is 6.79 Å². The van der Waals surface area contributed by atoms with Crippen LogP contribution >= 0.6 is 0 Å². The average Bonchev–Trinajstić information content (AvgIpc) is 3.62. The van der Waals surface area contributed by atoms with Crippen molar-refractivity contribution in [1.82, 2.24) is 4.90 Å². The van der Waals surface area contributed by atoms with Crippen LogP contribution in [-0.4, -0.2) is 43.9 Å². The lowest BCUT2D eigenvalue weighted by Gasteiger charge is -2.66. The molecule has 1 unspecified atom stereocenters. The van der Waals surface area contributed by atoms with E-state index < -0.39 is 16.9 Å². The second-order valence-electron chi connectivity index (χ2n) is 11.1. The highest BCUT2D eigenvalue weighted by molar-refractivity contribution is 5.96. The van der Waals surface area contributed by atoms with E-state index in [1.165, 1.54) is 0 Å². The molecule has 2 aliphatic carbocycles. The number of hydrogen-bond donors (Lipinski definition) is 0. The molecule has 6 rings (SSSR count). The monoisotopic (exact) mass is 531 g/mol. The summed E-state index contributed by atoms with van der Waals surface area (Å²) in [6.45, 7) is 6.37. The highest BCUT2D eigenvalue weighted by Gasteiger charge is 2.73. The van der Waals surface area contributed by atoms with Gasteiger partial charge < -0.3 is 23.8 Å². The van der Waals surface area contributed by atoms with Crippen molar-refractivity contribution < 1.29 is 28.5 Å². The van der Waals surface area contributed by atoms with Crippen LogP contribution < -0.4 is 9.47 Å². The van der Waals surface area contributed by atoms with E-state index in [0.717, 1.165) is 53.8 Å². The van der Waals surface area contributed by atoms with Crippen LogP contribution in [0.15, 0.2) is 53.7 Å². The minimum Gasteiger partial charge on any atom is -0.465 e. The van der Waals surface area contributed by atoms with Gasteiger partial charge in [-0.25, -0.2) is 4.79 Å². The van der Waals surface area contributed by atoms with Crippen LogP contribution in [0, 0.1) is 11.8 Å². The fourth-order valence-electron chi connectivity index (χ4n) is 8.00. The van der Waals surface area contributed by atoms with Crippen LogP contribution in [0.3, 0.4) is 0 Å². The van der Waals surface area contributed by atoms with E-state index in [-0.39, 0.29) is 37.9 Å². The predicted octanol–water partition coefficient (Wildman–Crippen LogP) is 5.26. The molecule has 4 aliphatic rings. The van der Waals surface area contributed by atoms with Gasteiger partial charge in [-0.2, -0.15) is 0 Å². The number of nitrogens with zero attached hydrogens (tertiary/aromatic N) is 1. The molecule has 0 amide bonds. The highest BCUT2D eigenvalue weighted by atomic mass is 16.7. The summed E-state index contributed by atoms with van der Waals surface area (Å²) in [5.74, 6) is 0.501. The van der Waals surface area contributed by atoms with Gasteiger partial charge in [0, 0.05) is 25.1 Å². The van der Waals surface area contributed by atoms with Crippen LogP contribution in [0.4, 0.5) is 0 Å². The summed E-state index contributed by atoms with van der Waals surface area (Å²) in [5, 5.41) is 0. The van der Waals surface area contributed by atoms with Crippen molar-refractivity contribution in [2.24, 2.45) is 11.8 Å². The van der Waals surface area contributed by atoms with E-state index in [1.54, 1.807) is 0 Å². The van der Waals surface area contributed by atoms with E-state index in [9.17, 15) is 9.59 Å². The van der Waals surface area contributed by atoms with Gasteiger partial charge in [-0.3, -0.25) is 4.79 Å². The molecular formula is C32H37NO6. The Morgan fingerprint density at radius 1 is 1.00 bits per heavy atom. The SMILES string of the molecule is CCOC(=O)C1=C(C)N(C)C2(Cc3cc4c(cc32)OCO4)[C@](C(=O)OCC)(c2ccccc2)[C@H]1C1CCCC1. The Bertz CT molecular complexity index is 1330. The standard InChI is InChI=1S/C32H37NO6/c1-5-36-29(34)27-20(3)33(4)31(18-22-16-25-26(17-24(22)31)39-19-38-25)32(30(35)37-6-2,23-14-8-7-9-15-23)28(27)21-12-10-11-13-21/h7-9,14-17,21,28H,5-6,10-13,18-19H2,1-4H3/t28-,31?,32+/m0/s1. The van der Waals surface area contributed by atoms with Gasteiger partial charge in [0.15, 0.2) is 11.5 Å². The molecule has 1 spiro atoms. The molecule has 0 N–H and O–H groups in total. The number of likely N-dealkylation sites (N-methyl/N-ethyl adjacent to an activating group) is 1. The Morgan fingerprint density at radius 2 is 1.67 bits per heavy atom. The Balaban J connectivity index is 1.72. The van der Waals surface area contributed by atoms with Crippen molar-refractivity contribution >= 4 is 11.9 Å². The normalized spacial score (nSPS) is 27.4. The molecule has 2 heterocycles. The molecule has 0 radical (unpaired) electrons. The highest BCUT2D eigenvalue weighted by Crippen LogP contribution is 2.67. The number of benzene rings is 2. The third-order valence-corrected chi connectivity index (χ3v) is 9.58. The molecule has 1 fully saturated rings. The number of rotatable bonds is 6. The summed E-state index contributed by atoms with van der Waals surface area (Å²) in [6.07, 6.45) is 4.65. The van der Waals surface area contributed by atoms with E-state index in [0.29, 0.717) is 17.7 Å². The maximum Gasteiger partial charge on any atom is 0.336 e. The first-order valence-electron chi connectivity index (χ1n) is 14.2. The van der Waals surface area contributed by atoms with E-state index in [2.05, 4.69) is 4.90 Å². The third kappa shape index (κ3) is 3.41. The summed E-state index contributed by atoms with van der Waals surface area (Å²) in [7, 11) is 2.00. The molecule has 7 heteroatoms. The van der Waals surface area contributed by atoms with Gasteiger partial charge in [0.25, 0.3) is 0 Å². The lowest BCUT2D eigenvalue weighted by molar-refractivity contribution is -0.168. The molecule has 0 bridgehead atoms. The van der Waals surface area contributed by atoms with Crippen LogP contribution in [0.25, 0.3) is 0 Å². The van der Waals surface area contributed by atoms with Gasteiger partial charge in [-0.1, -0.05) is 43.2 Å². The Hall–Kier alpha value is -3.48. The minimum atomic E-state index is -1.18. The zero-order chi connectivity index (χ0) is 27.4. The number of esters is 2. The summed E-state index contributed by atoms with van der Waals surface area (Å²) in [6, 6.07) is 14.1. The Labute approximate surface area is 230 Å². The fourth-order valence-corrected chi connectivity index (χ4v) is 8.00. The fraction of sp³-hybridized carbons (Fsp3) is 0.500. The molecule has 7 nitrogen and oxygen atoms in total. The third-order valence-electron chi connectivity index (χ3n) is 9.58. The number of ether oxygens (including phenoxy) is 4. The summed E-state index contributed by atoms with van der Waals surface area (Å²) in [4.78, 5) is 30.8. The van der Waals surface area contributed by atoms with Crippen molar-refractivity contribution in [1.29, 1.82) is 0 Å². The summed E-state index contributed by atoms with van der Waals surface area (Å²) < 4.78 is 23.3. The van der Waals surface area contributed by atoms with Crippen LogP contribution in [0.1, 0.15) is 63.1 Å². The van der Waals surface area contributed by atoms with Gasteiger partial charge in [-0.05, 0) is 68.4 Å². The molecule has 2 aliphatic heterocycles. The van der Waals surface area contributed by atoms with Crippen molar-refractivity contribution in [3.63, 3.8) is 0 Å². The van der Waals surface area contributed by atoms with E-state index >= 15 is 0 Å². The summed E-state index contributed by atoms with van der Waals surface area (Å²) >= 11 is 0. The lowest BCUT2D eigenvalue weighted by Crippen LogP contribution is -2.73. The second-order valence-corrected chi connectivity index (χ2v) is 11.1. The second kappa shape index (κ2) is 9.61.